The minimum absolute atomic E-state index is 0. The maximum absolute atomic E-state index is 12.4. The zero-order valence-corrected chi connectivity index (χ0v) is 16.9. The number of likely N-dealkylation sites (tertiary alicyclic amines) is 1. The van der Waals surface area contributed by atoms with Crippen LogP contribution in [-0.4, -0.2) is 56.3 Å². The molecule has 1 fully saturated rings. The molecule has 2 N–H and O–H groups in total. The average Bonchev–Trinajstić information content (AvgIpc) is 3.13. The monoisotopic (exact) mass is 476 g/mol. The van der Waals surface area contributed by atoms with E-state index >= 15 is 0 Å². The molecule has 2 rings (SSSR count). The SMILES string of the molecule is CN=C(NCC(C)c1cccs1)NC1CCN(CC(F)(F)F)C1.I. The van der Waals surface area contributed by atoms with E-state index in [1.54, 1.807) is 18.4 Å². The normalized spacial score (nSPS) is 20.5. The summed E-state index contributed by atoms with van der Waals surface area (Å²) in [7, 11) is 1.67. The summed E-state index contributed by atoms with van der Waals surface area (Å²) in [4.78, 5) is 6.89. The first-order valence-corrected chi connectivity index (χ1v) is 8.55. The summed E-state index contributed by atoms with van der Waals surface area (Å²) in [5, 5.41) is 8.52. The Kier molecular flexibility index (Phi) is 8.78. The molecule has 138 valence electrons. The number of thiophene rings is 1. The highest BCUT2D eigenvalue weighted by Crippen LogP contribution is 2.21. The van der Waals surface area contributed by atoms with Crippen LogP contribution in [0.15, 0.2) is 22.5 Å². The number of alkyl halides is 3. The molecule has 2 unspecified atom stereocenters. The maximum Gasteiger partial charge on any atom is 0.401 e. The molecule has 0 spiro atoms. The van der Waals surface area contributed by atoms with E-state index in [-0.39, 0.29) is 30.0 Å². The molecular formula is C15H24F3IN4S. The molecule has 1 aromatic heterocycles. The second-order valence-corrected chi connectivity index (χ2v) is 6.83. The van der Waals surface area contributed by atoms with Gasteiger partial charge in [-0.3, -0.25) is 9.89 Å². The van der Waals surface area contributed by atoms with Gasteiger partial charge in [0.15, 0.2) is 5.96 Å². The van der Waals surface area contributed by atoms with Crippen molar-refractivity contribution in [1.29, 1.82) is 0 Å². The lowest BCUT2D eigenvalue weighted by atomic mass is 10.1. The fourth-order valence-corrected chi connectivity index (χ4v) is 3.44. The van der Waals surface area contributed by atoms with Crippen LogP contribution in [0.2, 0.25) is 0 Å². The number of nitrogens with one attached hydrogen (secondary N) is 2. The predicted molar refractivity (Wildman–Crippen MR) is 104 cm³/mol. The third kappa shape index (κ3) is 7.14. The second kappa shape index (κ2) is 9.81. The van der Waals surface area contributed by atoms with Crippen molar-refractivity contribution in [2.24, 2.45) is 4.99 Å². The Morgan fingerprint density at radius 2 is 2.25 bits per heavy atom. The highest BCUT2D eigenvalue weighted by molar-refractivity contribution is 14.0. The second-order valence-electron chi connectivity index (χ2n) is 5.85. The van der Waals surface area contributed by atoms with E-state index < -0.39 is 12.7 Å². The molecule has 0 radical (unpaired) electrons. The molecule has 0 bridgehead atoms. The Labute approximate surface area is 161 Å². The largest absolute Gasteiger partial charge is 0.401 e. The van der Waals surface area contributed by atoms with Crippen molar-refractivity contribution in [2.45, 2.75) is 31.5 Å². The summed E-state index contributed by atoms with van der Waals surface area (Å²) >= 11 is 1.72. The molecule has 1 aliphatic rings. The summed E-state index contributed by atoms with van der Waals surface area (Å²) in [5.41, 5.74) is 0. The molecule has 9 heteroatoms. The van der Waals surface area contributed by atoms with Crippen molar-refractivity contribution in [3.8, 4) is 0 Å². The highest BCUT2D eigenvalue weighted by Gasteiger charge is 2.34. The molecule has 24 heavy (non-hydrogen) atoms. The Balaban J connectivity index is 0.00000288. The van der Waals surface area contributed by atoms with Gasteiger partial charge in [-0.15, -0.1) is 35.3 Å². The fraction of sp³-hybridized carbons (Fsp3) is 0.667. The van der Waals surface area contributed by atoms with Crippen LogP contribution in [0.25, 0.3) is 0 Å². The van der Waals surface area contributed by atoms with E-state index in [0.29, 0.717) is 31.4 Å². The zero-order valence-electron chi connectivity index (χ0n) is 13.8. The maximum atomic E-state index is 12.4. The van der Waals surface area contributed by atoms with Gasteiger partial charge in [-0.2, -0.15) is 13.2 Å². The van der Waals surface area contributed by atoms with Crippen LogP contribution in [0, 0.1) is 0 Å². The molecule has 4 nitrogen and oxygen atoms in total. The van der Waals surface area contributed by atoms with Gasteiger partial charge in [-0.1, -0.05) is 13.0 Å². The van der Waals surface area contributed by atoms with E-state index in [9.17, 15) is 13.2 Å². The van der Waals surface area contributed by atoms with E-state index in [1.807, 2.05) is 11.4 Å². The topological polar surface area (TPSA) is 39.7 Å². The molecule has 0 aromatic carbocycles. The zero-order chi connectivity index (χ0) is 16.9. The smallest absolute Gasteiger partial charge is 0.356 e. The predicted octanol–water partition coefficient (Wildman–Crippen LogP) is 3.27. The lowest BCUT2D eigenvalue weighted by Gasteiger charge is -2.20. The third-order valence-corrected chi connectivity index (χ3v) is 4.95. The minimum Gasteiger partial charge on any atom is -0.356 e. The molecular weight excluding hydrogens is 452 g/mol. The van der Waals surface area contributed by atoms with Crippen LogP contribution >= 0.6 is 35.3 Å². The van der Waals surface area contributed by atoms with Crippen molar-refractivity contribution < 1.29 is 13.2 Å². The Hall–Kier alpha value is -0.550. The number of rotatable bonds is 5. The van der Waals surface area contributed by atoms with Crippen LogP contribution in [0.1, 0.15) is 24.1 Å². The number of aliphatic imine (C=N–C) groups is 1. The van der Waals surface area contributed by atoms with Crippen molar-refractivity contribution in [2.75, 3.05) is 33.2 Å². The third-order valence-electron chi connectivity index (χ3n) is 3.84. The number of hydrogen-bond donors (Lipinski definition) is 2. The van der Waals surface area contributed by atoms with Gasteiger partial charge in [0, 0.05) is 43.5 Å². The lowest BCUT2D eigenvalue weighted by molar-refractivity contribution is -0.143. The molecule has 0 aliphatic carbocycles. The van der Waals surface area contributed by atoms with Crippen LogP contribution in [0.5, 0.6) is 0 Å². The van der Waals surface area contributed by atoms with E-state index in [2.05, 4.69) is 28.6 Å². The molecule has 1 aliphatic heterocycles. The average molecular weight is 476 g/mol. The first-order chi connectivity index (χ1) is 10.9. The summed E-state index contributed by atoms with van der Waals surface area (Å²) < 4.78 is 37.2. The molecule has 0 saturated carbocycles. The van der Waals surface area contributed by atoms with Crippen LogP contribution in [0.4, 0.5) is 13.2 Å². The standard InChI is InChI=1S/C15H23F3N4S.HI/c1-11(13-4-3-7-23-13)8-20-14(19-2)21-12-5-6-22(9-12)10-15(16,17)18;/h3-4,7,11-12H,5-6,8-10H2,1-2H3,(H2,19,20,21);1H. The Bertz CT molecular complexity index is 507. The summed E-state index contributed by atoms with van der Waals surface area (Å²) in [5.74, 6) is 1.01. The summed E-state index contributed by atoms with van der Waals surface area (Å²) in [6.07, 6.45) is -3.44. The van der Waals surface area contributed by atoms with Crippen molar-refractivity contribution in [3.05, 3.63) is 22.4 Å². The van der Waals surface area contributed by atoms with Gasteiger partial charge in [0.05, 0.1) is 6.54 Å². The lowest BCUT2D eigenvalue weighted by Crippen LogP contribution is -2.46. The molecule has 1 saturated heterocycles. The highest BCUT2D eigenvalue weighted by atomic mass is 127. The van der Waals surface area contributed by atoms with Crippen molar-refractivity contribution in [1.82, 2.24) is 15.5 Å². The minimum atomic E-state index is -4.13. The van der Waals surface area contributed by atoms with Gasteiger partial charge in [0.2, 0.25) is 0 Å². The first kappa shape index (κ1) is 21.5. The van der Waals surface area contributed by atoms with Crippen molar-refractivity contribution >= 4 is 41.3 Å². The Morgan fingerprint density at radius 3 is 2.83 bits per heavy atom. The van der Waals surface area contributed by atoms with Gasteiger partial charge < -0.3 is 10.6 Å². The number of nitrogens with zero attached hydrogens (tertiary/aromatic N) is 2. The van der Waals surface area contributed by atoms with Gasteiger partial charge in [-0.25, -0.2) is 0 Å². The number of hydrogen-bond acceptors (Lipinski definition) is 3. The summed E-state index contributed by atoms with van der Waals surface area (Å²) in [6, 6.07) is 4.12. The quantitative estimate of drug-likeness (QED) is 0.390. The molecule has 2 heterocycles. The van der Waals surface area contributed by atoms with Gasteiger partial charge >= 0.3 is 6.18 Å². The van der Waals surface area contributed by atoms with Gasteiger partial charge in [0.25, 0.3) is 0 Å². The molecule has 2 atom stereocenters. The fourth-order valence-electron chi connectivity index (χ4n) is 2.66. The molecule has 1 aromatic rings. The van der Waals surface area contributed by atoms with Gasteiger partial charge in [0.1, 0.15) is 0 Å². The van der Waals surface area contributed by atoms with Crippen LogP contribution in [-0.2, 0) is 0 Å². The van der Waals surface area contributed by atoms with E-state index in [0.717, 1.165) is 6.54 Å². The Morgan fingerprint density at radius 1 is 1.50 bits per heavy atom. The van der Waals surface area contributed by atoms with Crippen molar-refractivity contribution in [3.63, 3.8) is 0 Å². The van der Waals surface area contributed by atoms with Gasteiger partial charge in [-0.05, 0) is 17.9 Å². The molecule has 0 amide bonds. The first-order valence-electron chi connectivity index (χ1n) is 7.67. The van der Waals surface area contributed by atoms with E-state index in [4.69, 9.17) is 0 Å². The number of halogens is 4. The van der Waals surface area contributed by atoms with Crippen LogP contribution < -0.4 is 10.6 Å². The number of guanidine groups is 1. The summed E-state index contributed by atoms with van der Waals surface area (Å²) in [6.45, 7) is 2.87. The van der Waals surface area contributed by atoms with Crippen LogP contribution in [0.3, 0.4) is 0 Å². The van der Waals surface area contributed by atoms with E-state index in [1.165, 1.54) is 9.78 Å².